The predicted octanol–water partition coefficient (Wildman–Crippen LogP) is 3.70. The van der Waals surface area contributed by atoms with Crippen molar-refractivity contribution in [3.05, 3.63) is 78.1 Å². The molecule has 4 rings (SSSR count). The summed E-state index contributed by atoms with van der Waals surface area (Å²) in [5, 5.41) is 17.1. The number of tetrazole rings is 1. The Kier molecular flexibility index (Phi) is 4.31. The molecule has 0 aliphatic carbocycles. The van der Waals surface area contributed by atoms with E-state index in [9.17, 15) is 0 Å². The van der Waals surface area contributed by atoms with Crippen LogP contribution in [0, 0.1) is 0 Å². The van der Waals surface area contributed by atoms with Gasteiger partial charge in [0.25, 0.3) is 0 Å². The van der Waals surface area contributed by atoms with Crippen LogP contribution in [-0.4, -0.2) is 30.0 Å². The summed E-state index contributed by atoms with van der Waals surface area (Å²) in [6.45, 7) is 4.94. The van der Waals surface area contributed by atoms with E-state index >= 15 is 0 Å². The molecule has 4 aromatic rings. The van der Waals surface area contributed by atoms with Gasteiger partial charge < -0.3 is 0 Å². The molecule has 2 heterocycles. The number of rotatable bonds is 5. The highest BCUT2D eigenvalue weighted by atomic mass is 15.6. The highest BCUT2D eigenvalue weighted by molar-refractivity contribution is 5.54. The van der Waals surface area contributed by atoms with E-state index < -0.39 is 0 Å². The van der Waals surface area contributed by atoms with Crippen molar-refractivity contribution in [2.24, 2.45) is 0 Å². The van der Waals surface area contributed by atoms with E-state index in [1.165, 1.54) is 5.56 Å². The first-order valence-electron chi connectivity index (χ1n) is 8.66. The van der Waals surface area contributed by atoms with Crippen LogP contribution in [0.25, 0.3) is 17.1 Å². The first-order chi connectivity index (χ1) is 12.7. The largest absolute Gasteiger partial charge is 0.241 e. The fraction of sp³-hybridized carbons (Fsp3) is 0.200. The van der Waals surface area contributed by atoms with Crippen LogP contribution in [0.4, 0.5) is 0 Å². The Balaban J connectivity index is 1.48. The summed E-state index contributed by atoms with van der Waals surface area (Å²) in [4.78, 5) is 1.62. The van der Waals surface area contributed by atoms with Crippen LogP contribution in [0.15, 0.2) is 67.0 Å². The van der Waals surface area contributed by atoms with Gasteiger partial charge in [0, 0.05) is 18.0 Å². The van der Waals surface area contributed by atoms with Crippen LogP contribution in [0.5, 0.6) is 0 Å². The fourth-order valence-corrected chi connectivity index (χ4v) is 2.78. The Bertz CT molecular complexity index is 966. The number of hydrogen-bond acceptors (Lipinski definition) is 4. The summed E-state index contributed by atoms with van der Waals surface area (Å²) in [5.74, 6) is 1.16. The molecule has 0 atom stereocenters. The Labute approximate surface area is 152 Å². The van der Waals surface area contributed by atoms with Gasteiger partial charge in [-0.1, -0.05) is 50.2 Å². The molecule has 0 unspecified atom stereocenters. The third-order valence-corrected chi connectivity index (χ3v) is 4.32. The molecule has 2 aromatic carbocycles. The number of benzene rings is 2. The van der Waals surface area contributed by atoms with Gasteiger partial charge in [0.1, 0.15) is 0 Å². The normalized spacial score (nSPS) is 11.2. The maximum atomic E-state index is 4.50. The van der Waals surface area contributed by atoms with Crippen molar-refractivity contribution < 1.29 is 0 Å². The van der Waals surface area contributed by atoms with Gasteiger partial charge in [-0.25, -0.2) is 4.68 Å². The second-order valence-electron chi connectivity index (χ2n) is 6.54. The van der Waals surface area contributed by atoms with E-state index in [4.69, 9.17) is 0 Å². The molecule has 130 valence electrons. The van der Waals surface area contributed by atoms with Gasteiger partial charge in [0.05, 0.1) is 12.2 Å². The fourth-order valence-electron chi connectivity index (χ4n) is 2.78. The zero-order valence-corrected chi connectivity index (χ0v) is 14.8. The van der Waals surface area contributed by atoms with Crippen molar-refractivity contribution in [2.75, 3.05) is 0 Å². The molecule has 6 nitrogen and oxygen atoms in total. The van der Waals surface area contributed by atoms with Gasteiger partial charge >= 0.3 is 0 Å². The minimum atomic E-state index is 0.511. The monoisotopic (exact) mass is 344 g/mol. The summed E-state index contributed by atoms with van der Waals surface area (Å²) in [5.41, 5.74) is 4.42. The lowest BCUT2D eigenvalue weighted by Crippen LogP contribution is -2.04. The zero-order valence-electron chi connectivity index (χ0n) is 14.8. The van der Waals surface area contributed by atoms with E-state index in [0.717, 1.165) is 16.8 Å². The van der Waals surface area contributed by atoms with E-state index in [2.05, 4.69) is 70.8 Å². The summed E-state index contributed by atoms with van der Waals surface area (Å²) >= 11 is 0. The Hall–Kier alpha value is -3.28. The second kappa shape index (κ2) is 6.92. The Morgan fingerprint density at radius 3 is 2.38 bits per heavy atom. The highest BCUT2D eigenvalue weighted by Crippen LogP contribution is 2.19. The Morgan fingerprint density at radius 2 is 1.73 bits per heavy atom. The molecule has 2 aromatic heterocycles. The molecule has 6 heteroatoms. The molecule has 0 fully saturated rings. The number of hydrogen-bond donors (Lipinski definition) is 0. The van der Waals surface area contributed by atoms with Crippen LogP contribution in [0.2, 0.25) is 0 Å². The van der Waals surface area contributed by atoms with Crippen LogP contribution < -0.4 is 0 Å². The average Bonchev–Trinajstić information content (AvgIpc) is 3.35. The molecule has 26 heavy (non-hydrogen) atoms. The molecule has 0 spiro atoms. The van der Waals surface area contributed by atoms with Crippen molar-refractivity contribution >= 4 is 0 Å². The summed E-state index contributed by atoms with van der Waals surface area (Å²) < 4.78 is 1.83. The molecule has 0 bridgehead atoms. The van der Waals surface area contributed by atoms with E-state index in [1.807, 2.05) is 29.1 Å². The molecular formula is C20H20N6. The van der Waals surface area contributed by atoms with Gasteiger partial charge in [0.2, 0.25) is 5.82 Å². The molecule has 0 aliphatic heterocycles. The average molecular weight is 344 g/mol. The molecule has 0 saturated carbocycles. The highest BCUT2D eigenvalue weighted by Gasteiger charge is 2.07. The van der Waals surface area contributed by atoms with Crippen molar-refractivity contribution in [3.63, 3.8) is 0 Å². The topological polar surface area (TPSA) is 61.4 Å². The quantitative estimate of drug-likeness (QED) is 0.554. The maximum Gasteiger partial charge on any atom is 0.204 e. The number of aromatic nitrogens is 6. The van der Waals surface area contributed by atoms with E-state index in [1.54, 1.807) is 11.0 Å². The molecule has 0 aliphatic rings. The lowest BCUT2D eigenvalue weighted by molar-refractivity contribution is 0.572. The first-order valence-corrected chi connectivity index (χ1v) is 8.66. The van der Waals surface area contributed by atoms with Crippen molar-refractivity contribution in [3.8, 4) is 17.1 Å². The SMILES string of the molecule is CC(C)c1ccc(-c2nnn(Cc3ccc(-n4cccn4)cc3)n2)cc1. The summed E-state index contributed by atoms with van der Waals surface area (Å²) in [6.07, 6.45) is 3.69. The third-order valence-electron chi connectivity index (χ3n) is 4.32. The molecule has 0 saturated heterocycles. The number of nitrogens with zero attached hydrogens (tertiary/aromatic N) is 6. The Morgan fingerprint density at radius 1 is 0.962 bits per heavy atom. The van der Waals surface area contributed by atoms with Crippen molar-refractivity contribution in [1.29, 1.82) is 0 Å². The minimum absolute atomic E-state index is 0.511. The van der Waals surface area contributed by atoms with Crippen LogP contribution >= 0.6 is 0 Å². The summed E-state index contributed by atoms with van der Waals surface area (Å²) in [7, 11) is 0. The minimum Gasteiger partial charge on any atom is -0.241 e. The third kappa shape index (κ3) is 3.39. The second-order valence-corrected chi connectivity index (χ2v) is 6.54. The molecule has 0 radical (unpaired) electrons. The van der Waals surface area contributed by atoms with Crippen LogP contribution in [0.1, 0.15) is 30.9 Å². The predicted molar refractivity (Wildman–Crippen MR) is 100 cm³/mol. The van der Waals surface area contributed by atoms with Crippen molar-refractivity contribution in [2.45, 2.75) is 26.3 Å². The van der Waals surface area contributed by atoms with Gasteiger partial charge in [-0.15, -0.1) is 10.2 Å². The van der Waals surface area contributed by atoms with Gasteiger partial charge in [-0.2, -0.15) is 9.90 Å². The zero-order chi connectivity index (χ0) is 17.9. The van der Waals surface area contributed by atoms with Crippen LogP contribution in [-0.2, 0) is 6.54 Å². The van der Waals surface area contributed by atoms with Gasteiger partial charge in [0.15, 0.2) is 0 Å². The maximum absolute atomic E-state index is 4.50. The van der Waals surface area contributed by atoms with Crippen molar-refractivity contribution in [1.82, 2.24) is 30.0 Å². The molecular weight excluding hydrogens is 324 g/mol. The summed E-state index contributed by atoms with van der Waals surface area (Å²) in [6, 6.07) is 18.4. The molecule has 0 amide bonds. The standard InChI is InChI=1S/C20H20N6/c1-15(2)17-6-8-18(9-7-17)20-22-24-26(23-20)14-16-4-10-19(11-5-16)25-13-3-12-21-25/h3-13,15H,14H2,1-2H3. The van der Waals surface area contributed by atoms with E-state index in [0.29, 0.717) is 18.3 Å². The lowest BCUT2D eigenvalue weighted by Gasteiger charge is -2.05. The first kappa shape index (κ1) is 16.2. The molecule has 0 N–H and O–H groups in total. The lowest BCUT2D eigenvalue weighted by atomic mass is 10.0. The van der Waals surface area contributed by atoms with Crippen LogP contribution in [0.3, 0.4) is 0 Å². The van der Waals surface area contributed by atoms with E-state index in [-0.39, 0.29) is 0 Å². The van der Waals surface area contributed by atoms with Gasteiger partial charge in [-0.3, -0.25) is 0 Å². The van der Waals surface area contributed by atoms with Gasteiger partial charge in [-0.05, 0) is 40.5 Å². The smallest absolute Gasteiger partial charge is 0.204 e.